The van der Waals surface area contributed by atoms with E-state index < -0.39 is 77.8 Å². The molecular weight excluding hydrogens is 634 g/mol. The lowest BCUT2D eigenvalue weighted by molar-refractivity contribution is -0.299. The van der Waals surface area contributed by atoms with Crippen LogP contribution < -0.4 is 0 Å². The van der Waals surface area contributed by atoms with Gasteiger partial charge in [0.1, 0.15) is 30.0 Å². The van der Waals surface area contributed by atoms with Crippen molar-refractivity contribution in [1.82, 2.24) is 14.7 Å². The zero-order valence-electron chi connectivity index (χ0n) is 32.5. The lowest BCUT2D eigenvalue weighted by Gasteiger charge is -2.47. The summed E-state index contributed by atoms with van der Waals surface area (Å²) in [5.74, 6) is -3.29. The Kier molecular flexibility index (Phi) is 16.4. The molecular formula is C36H69N3O10. The van der Waals surface area contributed by atoms with Crippen molar-refractivity contribution < 1.29 is 49.0 Å². The van der Waals surface area contributed by atoms with Gasteiger partial charge in [-0.1, -0.05) is 34.6 Å². The molecule has 4 N–H and O–H groups in total. The maximum atomic E-state index is 14.0. The van der Waals surface area contributed by atoms with Gasteiger partial charge in [-0.3, -0.25) is 14.5 Å². The van der Waals surface area contributed by atoms with Crippen LogP contribution in [0.2, 0.25) is 0 Å². The Morgan fingerprint density at radius 2 is 1.63 bits per heavy atom. The minimum absolute atomic E-state index is 0.00781. The summed E-state index contributed by atoms with van der Waals surface area (Å²) in [5.41, 5.74) is -3.36. The first-order valence-electron chi connectivity index (χ1n) is 18.2. The van der Waals surface area contributed by atoms with Crippen molar-refractivity contribution in [1.29, 1.82) is 0 Å². The number of aliphatic hydroxyl groups is 4. The van der Waals surface area contributed by atoms with Crippen LogP contribution in [0.25, 0.3) is 0 Å². The average molecular weight is 704 g/mol. The van der Waals surface area contributed by atoms with Gasteiger partial charge >= 0.3 is 11.9 Å². The van der Waals surface area contributed by atoms with Crippen molar-refractivity contribution >= 4 is 11.9 Å². The van der Waals surface area contributed by atoms with Gasteiger partial charge in [-0.25, -0.2) is 0 Å². The second-order valence-electron chi connectivity index (χ2n) is 15.5. The van der Waals surface area contributed by atoms with Crippen molar-refractivity contribution in [2.75, 3.05) is 47.3 Å². The van der Waals surface area contributed by atoms with Crippen LogP contribution in [0.5, 0.6) is 0 Å². The van der Waals surface area contributed by atoms with E-state index in [2.05, 4.69) is 0 Å². The zero-order valence-corrected chi connectivity index (χ0v) is 32.5. The molecule has 288 valence electrons. The summed E-state index contributed by atoms with van der Waals surface area (Å²) in [6, 6.07) is -0.806. The SMILES string of the molecule is CC[C@H]1OC(=O)[C@H](C)[C@@H](OC(=O)CN(CC)CC)[C@H](C)[C@@H](O[C@@H]2O[C@H](C)C[C@H](N(C)C)[C@@H]2O)[C@](C)(O)C[C@@H](C)CN(C)[C@H](C)[C@@H](O)[C@]1(C)O. The van der Waals surface area contributed by atoms with Gasteiger partial charge in [0.05, 0.1) is 30.3 Å². The molecule has 2 aliphatic heterocycles. The molecule has 0 aromatic rings. The number of aliphatic hydroxyl groups excluding tert-OH is 2. The molecule has 0 amide bonds. The first kappa shape index (κ1) is 43.7. The van der Waals surface area contributed by atoms with Crippen molar-refractivity contribution in [3.63, 3.8) is 0 Å². The van der Waals surface area contributed by atoms with Crippen LogP contribution in [-0.4, -0.2) is 161 Å². The van der Waals surface area contributed by atoms with Gasteiger partial charge in [-0.15, -0.1) is 0 Å². The van der Waals surface area contributed by atoms with E-state index >= 15 is 0 Å². The number of carbonyl (C=O) groups is 2. The fourth-order valence-corrected chi connectivity index (χ4v) is 7.75. The van der Waals surface area contributed by atoms with Gasteiger partial charge in [0, 0.05) is 24.5 Å². The molecule has 2 heterocycles. The molecule has 0 spiro atoms. The molecule has 14 atom stereocenters. The minimum Gasteiger partial charge on any atom is -0.460 e. The Morgan fingerprint density at radius 3 is 2.16 bits per heavy atom. The Labute approximate surface area is 295 Å². The largest absolute Gasteiger partial charge is 0.460 e. The van der Waals surface area contributed by atoms with Gasteiger partial charge in [-0.05, 0) is 94.0 Å². The minimum atomic E-state index is -1.80. The van der Waals surface area contributed by atoms with Crippen molar-refractivity contribution in [3.05, 3.63) is 0 Å². The molecule has 2 fully saturated rings. The van der Waals surface area contributed by atoms with E-state index in [1.807, 2.05) is 63.5 Å². The maximum Gasteiger partial charge on any atom is 0.320 e. The number of carbonyl (C=O) groups excluding carboxylic acids is 2. The fraction of sp³-hybridized carbons (Fsp3) is 0.944. The molecule has 0 saturated carbocycles. The lowest BCUT2D eigenvalue weighted by Crippen LogP contribution is -2.59. The summed E-state index contributed by atoms with van der Waals surface area (Å²) in [7, 11) is 5.59. The standard InChI is InChI=1S/C36H69N3O10/c1-14-27-36(10,45)31(42)25(8)38(13)19-21(4)18-35(9,44)32(49-34-29(41)26(37(11)12)17-22(5)46-34)23(6)30(24(7)33(43)47-27)48-28(40)20-39(15-2)16-3/h21-27,29-32,34,41-42,44-45H,14-20H2,1-13H3/t21-,22-,23+,24-,25-,26+,27-,29+,30+,31-,32-,34+,35-,36-/m1/s1. The van der Waals surface area contributed by atoms with E-state index in [1.165, 1.54) is 6.92 Å². The van der Waals surface area contributed by atoms with Crippen LogP contribution in [-0.2, 0) is 28.5 Å². The highest BCUT2D eigenvalue weighted by molar-refractivity contribution is 5.75. The van der Waals surface area contributed by atoms with Crippen LogP contribution in [0.1, 0.15) is 88.5 Å². The molecule has 0 bridgehead atoms. The molecule has 0 aliphatic carbocycles. The molecule has 13 nitrogen and oxygen atoms in total. The quantitative estimate of drug-likeness (QED) is 0.258. The normalized spacial score (nSPS) is 42.4. The summed E-state index contributed by atoms with van der Waals surface area (Å²) in [5, 5.41) is 46.8. The van der Waals surface area contributed by atoms with Crippen LogP contribution in [0.4, 0.5) is 0 Å². The monoisotopic (exact) mass is 703 g/mol. The zero-order chi connectivity index (χ0) is 37.6. The highest BCUT2D eigenvalue weighted by Crippen LogP contribution is 2.37. The number of cyclic esters (lactones) is 1. The van der Waals surface area contributed by atoms with E-state index in [0.717, 1.165) is 0 Å². The maximum absolute atomic E-state index is 14.0. The molecule has 0 unspecified atom stereocenters. The average Bonchev–Trinajstić information content (AvgIpc) is 3.02. The third-order valence-electron chi connectivity index (χ3n) is 10.9. The van der Waals surface area contributed by atoms with Crippen molar-refractivity contribution in [3.8, 4) is 0 Å². The molecule has 2 rings (SSSR count). The van der Waals surface area contributed by atoms with Gasteiger partial charge in [-0.2, -0.15) is 0 Å². The number of rotatable bonds is 9. The van der Waals surface area contributed by atoms with Crippen LogP contribution >= 0.6 is 0 Å². The molecule has 0 radical (unpaired) electrons. The first-order chi connectivity index (χ1) is 22.6. The third kappa shape index (κ3) is 11.0. The number of hydrogen-bond donors (Lipinski definition) is 4. The molecule has 0 aromatic heterocycles. The second kappa shape index (κ2) is 18.4. The van der Waals surface area contributed by atoms with Gasteiger partial charge in [0.15, 0.2) is 6.29 Å². The van der Waals surface area contributed by atoms with E-state index in [9.17, 15) is 30.0 Å². The van der Waals surface area contributed by atoms with E-state index in [4.69, 9.17) is 18.9 Å². The second-order valence-corrected chi connectivity index (χ2v) is 15.5. The first-order valence-corrected chi connectivity index (χ1v) is 18.2. The molecule has 2 aliphatic rings. The smallest absolute Gasteiger partial charge is 0.320 e. The number of hydrogen-bond acceptors (Lipinski definition) is 13. The Morgan fingerprint density at radius 1 is 1.04 bits per heavy atom. The highest BCUT2D eigenvalue weighted by atomic mass is 16.7. The number of likely N-dealkylation sites (N-methyl/N-ethyl adjacent to an activating group) is 3. The van der Waals surface area contributed by atoms with Crippen molar-refractivity contribution in [2.24, 2.45) is 17.8 Å². The molecule has 49 heavy (non-hydrogen) atoms. The number of nitrogens with zero attached hydrogens (tertiary/aromatic N) is 3. The summed E-state index contributed by atoms with van der Waals surface area (Å²) >= 11 is 0. The lowest BCUT2D eigenvalue weighted by atomic mass is 9.77. The Hall–Kier alpha value is -1.42. The van der Waals surface area contributed by atoms with Gasteiger partial charge in [0.2, 0.25) is 0 Å². The van der Waals surface area contributed by atoms with E-state index in [-0.39, 0.29) is 37.5 Å². The van der Waals surface area contributed by atoms with Crippen LogP contribution in [0.3, 0.4) is 0 Å². The Balaban J connectivity index is 2.72. The molecule has 13 heteroatoms. The van der Waals surface area contributed by atoms with Crippen molar-refractivity contribution in [2.45, 2.75) is 155 Å². The van der Waals surface area contributed by atoms with Gasteiger partial charge in [0.25, 0.3) is 0 Å². The predicted molar refractivity (Wildman–Crippen MR) is 187 cm³/mol. The summed E-state index contributed by atoms with van der Waals surface area (Å²) in [6.45, 7) is 19.4. The molecule has 2 saturated heterocycles. The third-order valence-corrected chi connectivity index (χ3v) is 10.9. The number of esters is 2. The summed E-state index contributed by atoms with van der Waals surface area (Å²) in [4.78, 5) is 33.1. The van der Waals surface area contributed by atoms with E-state index in [1.54, 1.807) is 34.6 Å². The fourth-order valence-electron chi connectivity index (χ4n) is 7.75. The summed E-state index contributed by atoms with van der Waals surface area (Å²) < 4.78 is 24.8. The topological polar surface area (TPSA) is 162 Å². The highest BCUT2D eigenvalue weighted by Gasteiger charge is 2.51. The Bertz CT molecular complexity index is 1040. The predicted octanol–water partition coefficient (Wildman–Crippen LogP) is 1.87. The van der Waals surface area contributed by atoms with Crippen LogP contribution in [0, 0.1) is 17.8 Å². The van der Waals surface area contributed by atoms with Crippen LogP contribution in [0.15, 0.2) is 0 Å². The van der Waals surface area contributed by atoms with Gasteiger partial charge < -0.3 is 49.2 Å². The molecule has 0 aromatic carbocycles. The number of ether oxygens (including phenoxy) is 4. The van der Waals surface area contributed by atoms with E-state index in [0.29, 0.717) is 26.1 Å². The summed E-state index contributed by atoms with van der Waals surface area (Å²) in [6.07, 6.45) is -5.95.